The summed E-state index contributed by atoms with van der Waals surface area (Å²) in [5.41, 5.74) is 5.46. The third-order valence-corrected chi connectivity index (χ3v) is 7.97. The van der Waals surface area contributed by atoms with E-state index in [1.807, 2.05) is 24.3 Å². The molecule has 2 amide bonds. The number of anilines is 1. The van der Waals surface area contributed by atoms with Crippen molar-refractivity contribution in [3.8, 4) is 11.3 Å². The quantitative estimate of drug-likeness (QED) is 0.474. The molecule has 8 nitrogen and oxygen atoms in total. The normalized spacial score (nSPS) is 18.8. The van der Waals surface area contributed by atoms with E-state index in [0.717, 1.165) is 36.8 Å². The van der Waals surface area contributed by atoms with Gasteiger partial charge < -0.3 is 20.3 Å². The van der Waals surface area contributed by atoms with Crippen LogP contribution in [-0.2, 0) is 22.5 Å². The Labute approximate surface area is 226 Å². The predicted molar refractivity (Wildman–Crippen MR) is 145 cm³/mol. The topological polar surface area (TPSA) is 96.5 Å². The van der Waals surface area contributed by atoms with E-state index in [2.05, 4.69) is 38.8 Å². The molecule has 1 atom stereocenters. The number of aromatic nitrogens is 2. The van der Waals surface area contributed by atoms with Crippen LogP contribution in [0.3, 0.4) is 0 Å². The Hall–Kier alpha value is -3.49. The molecule has 38 heavy (non-hydrogen) atoms. The molecule has 3 aliphatic rings. The number of carbonyl (C=O) groups is 2. The summed E-state index contributed by atoms with van der Waals surface area (Å²) in [6, 6.07) is 14.3. The van der Waals surface area contributed by atoms with Gasteiger partial charge in [-0.25, -0.2) is 9.97 Å². The van der Waals surface area contributed by atoms with Crippen LogP contribution in [0.4, 0.5) is 5.95 Å². The van der Waals surface area contributed by atoms with E-state index >= 15 is 0 Å². The lowest BCUT2D eigenvalue weighted by Gasteiger charge is -2.23. The summed E-state index contributed by atoms with van der Waals surface area (Å²) in [5.74, 6) is 0.534. The minimum atomic E-state index is -0.158. The second-order valence-corrected chi connectivity index (χ2v) is 10.6. The van der Waals surface area contributed by atoms with E-state index in [9.17, 15) is 9.59 Å². The largest absolute Gasteiger partial charge is 0.381 e. The number of nitrogens with zero attached hydrogens (tertiary/aromatic N) is 3. The number of rotatable bonds is 7. The first kappa shape index (κ1) is 24.8. The Morgan fingerprint density at radius 1 is 1.11 bits per heavy atom. The molecular formula is C29H30ClN5O3. The summed E-state index contributed by atoms with van der Waals surface area (Å²) >= 11 is 6.46. The van der Waals surface area contributed by atoms with Gasteiger partial charge in [-0.1, -0.05) is 48.0 Å². The standard InChI is InChI=1S/C29H30ClN5O3/c30-25-15-32-29(33-22-9-11-38-12-10-22)34-27(25)19-6-8-21-16-35(28(37)24(21)13-19)17-26(36)31-14-20-7-5-18-3-1-2-4-23(18)20/h1-4,6,8,13,15,20,22H,5,7,9-12,14,16-17H2,(H,31,36)(H,32,33,34). The fourth-order valence-corrected chi connectivity index (χ4v) is 5.82. The first-order chi connectivity index (χ1) is 18.5. The molecule has 2 aromatic carbocycles. The van der Waals surface area contributed by atoms with Gasteiger partial charge in [0, 0.05) is 49.4 Å². The number of ether oxygens (including phenoxy) is 1. The van der Waals surface area contributed by atoms with Crippen LogP contribution in [0, 0.1) is 0 Å². The molecule has 1 unspecified atom stereocenters. The first-order valence-electron chi connectivity index (χ1n) is 13.2. The highest BCUT2D eigenvalue weighted by Crippen LogP contribution is 2.33. The third-order valence-electron chi connectivity index (χ3n) is 7.70. The number of benzene rings is 2. The zero-order valence-corrected chi connectivity index (χ0v) is 21.8. The maximum absolute atomic E-state index is 13.2. The van der Waals surface area contributed by atoms with Crippen molar-refractivity contribution in [3.05, 3.63) is 75.9 Å². The fourth-order valence-electron chi connectivity index (χ4n) is 5.62. The van der Waals surface area contributed by atoms with Crippen molar-refractivity contribution in [2.24, 2.45) is 0 Å². The molecule has 0 saturated carbocycles. The van der Waals surface area contributed by atoms with Gasteiger partial charge in [0.15, 0.2) is 0 Å². The average molecular weight is 532 g/mol. The molecule has 2 N–H and O–H groups in total. The minimum Gasteiger partial charge on any atom is -0.381 e. The van der Waals surface area contributed by atoms with Gasteiger partial charge in [0.1, 0.15) is 6.54 Å². The number of nitrogens with one attached hydrogen (secondary N) is 2. The van der Waals surface area contributed by atoms with Gasteiger partial charge in [0.2, 0.25) is 11.9 Å². The average Bonchev–Trinajstić information content (AvgIpc) is 3.49. The molecule has 6 rings (SSSR count). The van der Waals surface area contributed by atoms with E-state index in [4.69, 9.17) is 16.3 Å². The van der Waals surface area contributed by atoms with Crippen LogP contribution in [0.5, 0.6) is 0 Å². The number of aryl methyl sites for hydroxylation is 1. The van der Waals surface area contributed by atoms with Crippen molar-refractivity contribution in [3.63, 3.8) is 0 Å². The Morgan fingerprint density at radius 2 is 1.95 bits per heavy atom. The van der Waals surface area contributed by atoms with Gasteiger partial charge in [-0.05, 0) is 48.4 Å². The zero-order valence-electron chi connectivity index (χ0n) is 21.1. The van der Waals surface area contributed by atoms with E-state index in [1.165, 1.54) is 11.1 Å². The molecule has 2 aliphatic heterocycles. The lowest BCUT2D eigenvalue weighted by Crippen LogP contribution is -2.38. The van der Waals surface area contributed by atoms with Gasteiger partial charge in [-0.15, -0.1) is 0 Å². The van der Waals surface area contributed by atoms with Crippen molar-refractivity contribution < 1.29 is 14.3 Å². The molecule has 196 valence electrons. The Morgan fingerprint density at radius 3 is 2.82 bits per heavy atom. The molecule has 1 saturated heterocycles. The van der Waals surface area contributed by atoms with Crippen LogP contribution in [0.25, 0.3) is 11.3 Å². The molecule has 3 aromatic rings. The summed E-state index contributed by atoms with van der Waals surface area (Å²) in [6.07, 6.45) is 5.45. The smallest absolute Gasteiger partial charge is 0.254 e. The summed E-state index contributed by atoms with van der Waals surface area (Å²) in [7, 11) is 0. The Balaban J connectivity index is 1.10. The van der Waals surface area contributed by atoms with Crippen LogP contribution < -0.4 is 10.6 Å². The lowest BCUT2D eigenvalue weighted by atomic mass is 10.0. The molecule has 0 radical (unpaired) electrons. The molecule has 3 heterocycles. The minimum absolute atomic E-state index is 0.0324. The molecule has 9 heteroatoms. The SMILES string of the molecule is O=C(CN1Cc2ccc(-c3nc(NC4CCOCC4)ncc3Cl)cc2C1=O)NCC1CCc2ccccc21. The first-order valence-corrected chi connectivity index (χ1v) is 13.6. The van der Waals surface area contributed by atoms with Gasteiger partial charge in [-0.3, -0.25) is 9.59 Å². The van der Waals surface area contributed by atoms with E-state index in [1.54, 1.807) is 11.1 Å². The van der Waals surface area contributed by atoms with Gasteiger partial charge in [-0.2, -0.15) is 0 Å². The van der Waals surface area contributed by atoms with Gasteiger partial charge in [0.05, 0.1) is 16.9 Å². The molecule has 0 bridgehead atoms. The predicted octanol–water partition coefficient (Wildman–Crippen LogP) is 4.19. The summed E-state index contributed by atoms with van der Waals surface area (Å²) in [6.45, 7) is 2.46. The second kappa shape index (κ2) is 10.7. The van der Waals surface area contributed by atoms with Gasteiger partial charge in [0.25, 0.3) is 5.91 Å². The van der Waals surface area contributed by atoms with Crippen molar-refractivity contribution >= 4 is 29.4 Å². The van der Waals surface area contributed by atoms with Crippen molar-refractivity contribution in [1.82, 2.24) is 20.2 Å². The van der Waals surface area contributed by atoms with Crippen molar-refractivity contribution in [2.45, 2.75) is 44.2 Å². The summed E-state index contributed by atoms with van der Waals surface area (Å²) in [5, 5.41) is 6.82. The summed E-state index contributed by atoms with van der Waals surface area (Å²) < 4.78 is 5.42. The molecular weight excluding hydrogens is 502 g/mol. The number of hydrogen-bond donors (Lipinski definition) is 2. The zero-order chi connectivity index (χ0) is 26.1. The van der Waals surface area contributed by atoms with Crippen LogP contribution in [-0.4, -0.2) is 59.0 Å². The number of hydrogen-bond acceptors (Lipinski definition) is 6. The fraction of sp³-hybridized carbons (Fsp3) is 0.379. The maximum atomic E-state index is 13.2. The van der Waals surface area contributed by atoms with Crippen LogP contribution >= 0.6 is 11.6 Å². The number of fused-ring (bicyclic) bond motifs is 2. The number of amides is 2. The van der Waals surface area contributed by atoms with E-state index < -0.39 is 0 Å². The van der Waals surface area contributed by atoms with Crippen molar-refractivity contribution in [2.75, 3.05) is 31.6 Å². The van der Waals surface area contributed by atoms with Crippen molar-refractivity contribution in [1.29, 1.82) is 0 Å². The molecule has 1 fully saturated rings. The van der Waals surface area contributed by atoms with Gasteiger partial charge >= 0.3 is 0 Å². The van der Waals surface area contributed by atoms with Crippen LogP contribution in [0.1, 0.15) is 52.2 Å². The highest BCUT2D eigenvalue weighted by atomic mass is 35.5. The lowest BCUT2D eigenvalue weighted by molar-refractivity contribution is -0.121. The van der Waals surface area contributed by atoms with Crippen LogP contribution in [0.2, 0.25) is 5.02 Å². The van der Waals surface area contributed by atoms with E-state index in [-0.39, 0.29) is 24.4 Å². The molecule has 1 aliphatic carbocycles. The van der Waals surface area contributed by atoms with Crippen LogP contribution in [0.15, 0.2) is 48.7 Å². The third kappa shape index (κ3) is 5.11. The highest BCUT2D eigenvalue weighted by molar-refractivity contribution is 6.33. The number of halogens is 1. The summed E-state index contributed by atoms with van der Waals surface area (Å²) in [4.78, 5) is 36.5. The molecule has 0 spiro atoms. The number of carbonyl (C=O) groups excluding carboxylic acids is 2. The van der Waals surface area contributed by atoms with E-state index in [0.29, 0.717) is 54.4 Å². The second-order valence-electron chi connectivity index (χ2n) is 10.2. The Kier molecular flexibility index (Phi) is 7.00. The highest BCUT2D eigenvalue weighted by Gasteiger charge is 2.30. The maximum Gasteiger partial charge on any atom is 0.254 e. The monoisotopic (exact) mass is 531 g/mol. The Bertz CT molecular complexity index is 1370. The molecule has 1 aromatic heterocycles.